The Labute approximate surface area is 155 Å². The molecule has 2 aliphatic rings. The van der Waals surface area contributed by atoms with Gasteiger partial charge < -0.3 is 24.8 Å². The number of rotatable bonds is 6. The second-order valence-electron chi connectivity index (χ2n) is 6.37. The van der Waals surface area contributed by atoms with Gasteiger partial charge in [-0.3, -0.25) is 4.79 Å². The van der Waals surface area contributed by atoms with Crippen molar-refractivity contribution >= 4 is 24.0 Å². The molecule has 7 heteroatoms. The van der Waals surface area contributed by atoms with Gasteiger partial charge in [0.15, 0.2) is 0 Å². The Balaban J connectivity index is 0.00000225. The lowest BCUT2D eigenvalue weighted by atomic mass is 9.91. The van der Waals surface area contributed by atoms with Crippen LogP contribution in [0.4, 0.5) is 5.69 Å². The van der Waals surface area contributed by atoms with Crippen LogP contribution in [0.25, 0.3) is 0 Å². The summed E-state index contributed by atoms with van der Waals surface area (Å²) < 4.78 is 16.8. The number of amides is 1. The standard InChI is InChI=1S/C18H26N2O4.ClH/c1-22-18(8-10-19-11-9-18)17(21)20-14-4-6-15(7-5-14)24-13-16-3-2-12-23-16;/h4-7,16,19H,2-3,8-13H2,1H3,(H,20,21);1H. The lowest BCUT2D eigenvalue weighted by molar-refractivity contribution is -0.140. The largest absolute Gasteiger partial charge is 0.491 e. The number of methoxy groups -OCH3 is 1. The van der Waals surface area contributed by atoms with Crippen LogP contribution in [0.1, 0.15) is 25.7 Å². The maximum atomic E-state index is 12.6. The summed E-state index contributed by atoms with van der Waals surface area (Å²) in [5, 5.41) is 6.21. The number of halogens is 1. The molecule has 2 heterocycles. The first kappa shape index (κ1) is 20.0. The van der Waals surface area contributed by atoms with E-state index in [2.05, 4.69) is 10.6 Å². The molecule has 1 aromatic rings. The number of carbonyl (C=O) groups excluding carboxylic acids is 1. The summed E-state index contributed by atoms with van der Waals surface area (Å²) in [6.07, 6.45) is 3.72. The molecule has 1 amide bonds. The lowest BCUT2D eigenvalue weighted by Crippen LogP contribution is -2.51. The van der Waals surface area contributed by atoms with Gasteiger partial charge in [0, 0.05) is 19.4 Å². The molecule has 0 spiro atoms. The normalized spacial score (nSPS) is 22.0. The smallest absolute Gasteiger partial charge is 0.256 e. The van der Waals surface area contributed by atoms with Crippen LogP contribution in [0.2, 0.25) is 0 Å². The first-order valence-corrected chi connectivity index (χ1v) is 8.64. The van der Waals surface area contributed by atoms with Gasteiger partial charge in [0.2, 0.25) is 0 Å². The molecule has 0 saturated carbocycles. The van der Waals surface area contributed by atoms with E-state index >= 15 is 0 Å². The molecule has 0 bridgehead atoms. The average molecular weight is 371 g/mol. The van der Waals surface area contributed by atoms with E-state index in [1.807, 2.05) is 24.3 Å². The second kappa shape index (κ2) is 9.38. The fourth-order valence-electron chi connectivity index (χ4n) is 3.20. The molecule has 0 aromatic heterocycles. The summed E-state index contributed by atoms with van der Waals surface area (Å²) in [6, 6.07) is 7.44. The van der Waals surface area contributed by atoms with Crippen molar-refractivity contribution in [2.24, 2.45) is 0 Å². The quantitative estimate of drug-likeness (QED) is 0.804. The predicted molar refractivity (Wildman–Crippen MR) is 98.6 cm³/mol. The van der Waals surface area contributed by atoms with Gasteiger partial charge >= 0.3 is 0 Å². The Morgan fingerprint density at radius 2 is 2.04 bits per heavy atom. The van der Waals surface area contributed by atoms with Crippen molar-refractivity contribution in [3.63, 3.8) is 0 Å². The van der Waals surface area contributed by atoms with E-state index in [4.69, 9.17) is 14.2 Å². The van der Waals surface area contributed by atoms with Gasteiger partial charge in [-0.05, 0) is 63.0 Å². The Morgan fingerprint density at radius 3 is 2.64 bits per heavy atom. The zero-order valence-corrected chi connectivity index (χ0v) is 15.4. The summed E-state index contributed by atoms with van der Waals surface area (Å²) in [6.45, 7) is 2.98. The van der Waals surface area contributed by atoms with Gasteiger partial charge in [-0.25, -0.2) is 0 Å². The minimum atomic E-state index is -0.736. The third-order valence-electron chi connectivity index (χ3n) is 4.79. The van der Waals surface area contributed by atoms with Gasteiger partial charge in [-0.15, -0.1) is 12.4 Å². The maximum Gasteiger partial charge on any atom is 0.256 e. The van der Waals surface area contributed by atoms with Crippen LogP contribution in [0.15, 0.2) is 24.3 Å². The molecule has 6 nitrogen and oxygen atoms in total. The lowest BCUT2D eigenvalue weighted by Gasteiger charge is -2.34. The molecule has 1 aromatic carbocycles. The Morgan fingerprint density at radius 1 is 1.32 bits per heavy atom. The van der Waals surface area contributed by atoms with E-state index in [1.54, 1.807) is 7.11 Å². The third-order valence-corrected chi connectivity index (χ3v) is 4.79. The molecule has 3 rings (SSSR count). The number of ether oxygens (including phenoxy) is 3. The molecule has 0 aliphatic carbocycles. The molecular formula is C18H27ClN2O4. The molecule has 140 valence electrons. The first-order valence-electron chi connectivity index (χ1n) is 8.64. The van der Waals surface area contributed by atoms with Crippen molar-refractivity contribution in [3.05, 3.63) is 24.3 Å². The van der Waals surface area contributed by atoms with Gasteiger partial charge in [0.05, 0.1) is 6.10 Å². The molecule has 2 N–H and O–H groups in total. The molecule has 2 aliphatic heterocycles. The minimum absolute atomic E-state index is 0. The minimum Gasteiger partial charge on any atom is -0.491 e. The van der Waals surface area contributed by atoms with Crippen LogP contribution < -0.4 is 15.4 Å². The topological polar surface area (TPSA) is 68.8 Å². The highest BCUT2D eigenvalue weighted by Gasteiger charge is 2.39. The van der Waals surface area contributed by atoms with E-state index in [0.29, 0.717) is 19.4 Å². The van der Waals surface area contributed by atoms with Crippen molar-refractivity contribution in [2.75, 3.05) is 38.7 Å². The molecule has 2 fully saturated rings. The summed E-state index contributed by atoms with van der Waals surface area (Å²) in [5.41, 5.74) is 0.0136. The molecule has 1 unspecified atom stereocenters. The highest BCUT2D eigenvalue weighted by atomic mass is 35.5. The van der Waals surface area contributed by atoms with Crippen molar-refractivity contribution in [1.82, 2.24) is 5.32 Å². The first-order chi connectivity index (χ1) is 11.7. The number of anilines is 1. The van der Waals surface area contributed by atoms with Crippen LogP contribution in [-0.4, -0.2) is 51.0 Å². The number of piperidine rings is 1. The number of carbonyl (C=O) groups is 1. The van der Waals surface area contributed by atoms with Crippen molar-refractivity contribution in [1.29, 1.82) is 0 Å². The third kappa shape index (κ3) is 5.07. The second-order valence-corrected chi connectivity index (χ2v) is 6.37. The Bertz CT molecular complexity index is 541. The predicted octanol–water partition coefficient (Wildman–Crippen LogP) is 2.37. The monoisotopic (exact) mass is 370 g/mol. The number of benzene rings is 1. The van der Waals surface area contributed by atoms with Crippen LogP contribution in [-0.2, 0) is 14.3 Å². The number of hydrogen-bond acceptors (Lipinski definition) is 5. The fraction of sp³-hybridized carbons (Fsp3) is 0.611. The van der Waals surface area contributed by atoms with Crippen molar-refractivity contribution < 1.29 is 19.0 Å². The fourth-order valence-corrected chi connectivity index (χ4v) is 3.20. The molecule has 2 saturated heterocycles. The Kier molecular flexibility index (Phi) is 7.50. The number of hydrogen-bond donors (Lipinski definition) is 2. The van der Waals surface area contributed by atoms with E-state index in [-0.39, 0.29) is 24.4 Å². The molecular weight excluding hydrogens is 344 g/mol. The Hall–Kier alpha value is -1.34. The van der Waals surface area contributed by atoms with Gasteiger partial charge in [0.1, 0.15) is 18.0 Å². The van der Waals surface area contributed by atoms with Crippen molar-refractivity contribution in [3.8, 4) is 5.75 Å². The van der Waals surface area contributed by atoms with Crippen LogP contribution in [0.5, 0.6) is 5.75 Å². The number of nitrogens with one attached hydrogen (secondary N) is 2. The van der Waals surface area contributed by atoms with Gasteiger partial charge in [-0.2, -0.15) is 0 Å². The summed E-state index contributed by atoms with van der Waals surface area (Å²) >= 11 is 0. The zero-order valence-electron chi connectivity index (χ0n) is 14.6. The van der Waals surface area contributed by atoms with Crippen LogP contribution >= 0.6 is 12.4 Å². The SMILES string of the molecule is COC1(C(=O)Nc2ccc(OCC3CCCO3)cc2)CCNCC1.Cl. The van der Waals surface area contributed by atoms with Gasteiger partial charge in [-0.1, -0.05) is 0 Å². The van der Waals surface area contributed by atoms with E-state index in [9.17, 15) is 4.79 Å². The summed E-state index contributed by atoms with van der Waals surface area (Å²) in [4.78, 5) is 12.6. The highest BCUT2D eigenvalue weighted by molar-refractivity contribution is 5.97. The molecule has 0 radical (unpaired) electrons. The van der Waals surface area contributed by atoms with Crippen LogP contribution in [0.3, 0.4) is 0 Å². The van der Waals surface area contributed by atoms with E-state index in [0.717, 1.165) is 44.0 Å². The zero-order chi connectivity index (χ0) is 16.8. The summed E-state index contributed by atoms with van der Waals surface area (Å²) in [5.74, 6) is 0.700. The van der Waals surface area contributed by atoms with Crippen LogP contribution in [0, 0.1) is 0 Å². The maximum absolute atomic E-state index is 12.6. The van der Waals surface area contributed by atoms with E-state index < -0.39 is 5.60 Å². The summed E-state index contributed by atoms with van der Waals surface area (Å²) in [7, 11) is 1.60. The van der Waals surface area contributed by atoms with Crippen molar-refractivity contribution in [2.45, 2.75) is 37.4 Å². The van der Waals surface area contributed by atoms with Gasteiger partial charge in [0.25, 0.3) is 5.91 Å². The average Bonchev–Trinajstić information content (AvgIpc) is 3.15. The highest BCUT2D eigenvalue weighted by Crippen LogP contribution is 2.25. The molecule has 25 heavy (non-hydrogen) atoms. The molecule has 1 atom stereocenters. The van der Waals surface area contributed by atoms with E-state index in [1.165, 1.54) is 0 Å².